The smallest absolute Gasteiger partial charge is 0.246 e. The lowest BCUT2D eigenvalue weighted by atomic mass is 10.3. The maximum absolute atomic E-state index is 11.4. The predicted octanol–water partition coefficient (Wildman–Crippen LogP) is 0.550. The molecule has 0 bridgehead atoms. The van der Waals surface area contributed by atoms with Crippen LogP contribution in [0.4, 0.5) is 0 Å². The van der Waals surface area contributed by atoms with Gasteiger partial charge in [0.15, 0.2) is 0 Å². The van der Waals surface area contributed by atoms with Gasteiger partial charge in [-0.05, 0) is 12.5 Å². The van der Waals surface area contributed by atoms with Crippen LogP contribution in [-0.4, -0.2) is 37.0 Å². The third-order valence-electron chi connectivity index (χ3n) is 1.99. The van der Waals surface area contributed by atoms with E-state index in [4.69, 9.17) is 0 Å². The molecule has 0 atom stereocenters. The van der Waals surface area contributed by atoms with E-state index in [2.05, 4.69) is 11.9 Å². The van der Waals surface area contributed by atoms with Gasteiger partial charge < -0.3 is 10.2 Å². The molecule has 0 aromatic heterocycles. The Bertz CT molecular complexity index is 205. The van der Waals surface area contributed by atoms with Crippen molar-refractivity contribution in [3.8, 4) is 0 Å². The first-order valence-corrected chi connectivity index (χ1v) is 4.61. The number of nitrogens with one attached hydrogen (secondary N) is 1. The van der Waals surface area contributed by atoms with E-state index < -0.39 is 0 Å². The Balaban J connectivity index is 2.32. The lowest BCUT2D eigenvalue weighted by Gasteiger charge is -2.26. The maximum Gasteiger partial charge on any atom is 0.246 e. The van der Waals surface area contributed by atoms with E-state index in [0.29, 0.717) is 0 Å². The van der Waals surface area contributed by atoms with Gasteiger partial charge >= 0.3 is 0 Å². The average molecular weight is 180 g/mol. The monoisotopic (exact) mass is 180 g/mol. The Kier molecular flexibility index (Phi) is 4.26. The molecule has 1 amide bonds. The molecule has 72 valence electrons. The van der Waals surface area contributed by atoms with Crippen molar-refractivity contribution < 1.29 is 4.79 Å². The third-order valence-corrected chi connectivity index (χ3v) is 1.99. The third kappa shape index (κ3) is 3.42. The lowest BCUT2D eigenvalue weighted by molar-refractivity contribution is -0.126. The van der Waals surface area contributed by atoms with Crippen molar-refractivity contribution >= 4 is 5.91 Å². The molecule has 0 spiro atoms. The van der Waals surface area contributed by atoms with E-state index in [1.165, 1.54) is 0 Å². The summed E-state index contributed by atoms with van der Waals surface area (Å²) in [6.07, 6.45) is 6.02. The summed E-state index contributed by atoms with van der Waals surface area (Å²) >= 11 is 0. The second kappa shape index (κ2) is 5.54. The average Bonchev–Trinajstić information content (AvgIpc) is 2.19. The molecule has 0 saturated carbocycles. The fourth-order valence-electron chi connectivity index (χ4n) is 1.26. The van der Waals surface area contributed by atoms with E-state index in [1.54, 1.807) is 12.2 Å². The molecule has 0 unspecified atom stereocenters. The predicted molar refractivity (Wildman–Crippen MR) is 53.4 cm³/mol. The van der Waals surface area contributed by atoms with Gasteiger partial charge in [-0.15, -0.1) is 6.58 Å². The van der Waals surface area contributed by atoms with Crippen LogP contribution in [0.5, 0.6) is 0 Å². The second-order valence-electron chi connectivity index (χ2n) is 3.00. The summed E-state index contributed by atoms with van der Waals surface area (Å²) in [5.74, 6) is 0.114. The van der Waals surface area contributed by atoms with Gasteiger partial charge in [0, 0.05) is 26.2 Å². The first-order valence-electron chi connectivity index (χ1n) is 4.61. The number of rotatable bonds is 3. The van der Waals surface area contributed by atoms with Gasteiger partial charge in [0.1, 0.15) is 0 Å². The van der Waals surface area contributed by atoms with Crippen LogP contribution in [-0.2, 0) is 4.79 Å². The molecule has 0 aromatic rings. The van der Waals surface area contributed by atoms with Crippen LogP contribution in [0, 0.1) is 0 Å². The number of carbonyl (C=O) groups excluding carboxylic acids is 1. The highest BCUT2D eigenvalue weighted by molar-refractivity contribution is 5.87. The summed E-state index contributed by atoms with van der Waals surface area (Å²) in [6.45, 7) is 7.02. The van der Waals surface area contributed by atoms with Crippen molar-refractivity contribution in [2.75, 3.05) is 26.2 Å². The first kappa shape index (κ1) is 9.99. The van der Waals surface area contributed by atoms with Crippen molar-refractivity contribution in [2.45, 2.75) is 6.42 Å². The van der Waals surface area contributed by atoms with E-state index in [9.17, 15) is 4.79 Å². The topological polar surface area (TPSA) is 32.3 Å². The molecule has 0 aliphatic carbocycles. The zero-order valence-electron chi connectivity index (χ0n) is 7.83. The Morgan fingerprint density at radius 1 is 1.46 bits per heavy atom. The molecule has 1 saturated heterocycles. The first-order chi connectivity index (χ1) is 6.34. The molecule has 1 heterocycles. The number of hydrogen-bond donors (Lipinski definition) is 1. The molecular weight excluding hydrogens is 164 g/mol. The molecule has 13 heavy (non-hydrogen) atoms. The highest BCUT2D eigenvalue weighted by atomic mass is 16.2. The standard InChI is InChI=1S/C10H16N2O/c1-2-3-4-5-10(13)12-8-6-11-7-9-12/h2,4-5,11H,1,3,6-9H2. The van der Waals surface area contributed by atoms with E-state index in [1.807, 2.05) is 11.0 Å². The van der Waals surface area contributed by atoms with Gasteiger partial charge in [0.05, 0.1) is 0 Å². The number of piperazine rings is 1. The van der Waals surface area contributed by atoms with Gasteiger partial charge in [-0.25, -0.2) is 0 Å². The van der Waals surface area contributed by atoms with E-state index in [-0.39, 0.29) is 5.91 Å². The van der Waals surface area contributed by atoms with Gasteiger partial charge in [-0.1, -0.05) is 12.2 Å². The summed E-state index contributed by atoms with van der Waals surface area (Å²) < 4.78 is 0. The zero-order valence-corrected chi connectivity index (χ0v) is 7.83. The van der Waals surface area contributed by atoms with Crippen LogP contribution in [0.25, 0.3) is 0 Å². The summed E-state index contributed by atoms with van der Waals surface area (Å²) in [6, 6.07) is 0. The highest BCUT2D eigenvalue weighted by Crippen LogP contribution is 1.95. The van der Waals surface area contributed by atoms with Crippen LogP contribution in [0.3, 0.4) is 0 Å². The molecule has 0 aromatic carbocycles. The molecule has 1 rings (SSSR count). The van der Waals surface area contributed by atoms with Crippen LogP contribution in [0.2, 0.25) is 0 Å². The Hall–Kier alpha value is -1.09. The Morgan fingerprint density at radius 2 is 2.15 bits per heavy atom. The van der Waals surface area contributed by atoms with Crippen LogP contribution < -0.4 is 5.32 Å². The zero-order chi connectivity index (χ0) is 9.52. The lowest BCUT2D eigenvalue weighted by Crippen LogP contribution is -2.45. The van der Waals surface area contributed by atoms with Crippen molar-refractivity contribution in [1.29, 1.82) is 0 Å². The SMILES string of the molecule is C=CCC=CC(=O)N1CCNCC1. The molecule has 3 nitrogen and oxygen atoms in total. The van der Waals surface area contributed by atoms with Gasteiger partial charge in [0.25, 0.3) is 0 Å². The van der Waals surface area contributed by atoms with E-state index >= 15 is 0 Å². The normalized spacial score (nSPS) is 17.7. The summed E-state index contributed by atoms with van der Waals surface area (Å²) in [5, 5.41) is 3.20. The summed E-state index contributed by atoms with van der Waals surface area (Å²) in [4.78, 5) is 13.3. The Morgan fingerprint density at radius 3 is 2.77 bits per heavy atom. The molecule has 0 radical (unpaired) electrons. The maximum atomic E-state index is 11.4. The van der Waals surface area contributed by atoms with Crippen LogP contribution in [0.1, 0.15) is 6.42 Å². The minimum atomic E-state index is 0.114. The van der Waals surface area contributed by atoms with Crippen LogP contribution in [0.15, 0.2) is 24.8 Å². The van der Waals surface area contributed by atoms with Gasteiger partial charge in [-0.3, -0.25) is 4.79 Å². The fraction of sp³-hybridized carbons (Fsp3) is 0.500. The molecule has 1 fully saturated rings. The Labute approximate surface area is 79.1 Å². The number of amides is 1. The largest absolute Gasteiger partial charge is 0.337 e. The quantitative estimate of drug-likeness (QED) is 0.508. The summed E-state index contributed by atoms with van der Waals surface area (Å²) in [5.41, 5.74) is 0. The second-order valence-corrected chi connectivity index (χ2v) is 3.00. The van der Waals surface area contributed by atoms with Crippen molar-refractivity contribution in [2.24, 2.45) is 0 Å². The number of allylic oxidation sites excluding steroid dienone is 2. The highest BCUT2D eigenvalue weighted by Gasteiger charge is 2.12. The van der Waals surface area contributed by atoms with Gasteiger partial charge in [-0.2, -0.15) is 0 Å². The fourth-order valence-corrected chi connectivity index (χ4v) is 1.26. The minimum absolute atomic E-state index is 0.114. The molecule has 1 N–H and O–H groups in total. The summed E-state index contributed by atoms with van der Waals surface area (Å²) in [7, 11) is 0. The number of nitrogens with zero attached hydrogens (tertiary/aromatic N) is 1. The molecule has 1 aliphatic rings. The van der Waals surface area contributed by atoms with Crippen molar-refractivity contribution in [3.05, 3.63) is 24.8 Å². The minimum Gasteiger partial charge on any atom is -0.337 e. The van der Waals surface area contributed by atoms with E-state index in [0.717, 1.165) is 32.6 Å². The van der Waals surface area contributed by atoms with Gasteiger partial charge in [0.2, 0.25) is 5.91 Å². The van der Waals surface area contributed by atoms with Crippen LogP contribution >= 0.6 is 0 Å². The van der Waals surface area contributed by atoms with Crippen molar-refractivity contribution in [1.82, 2.24) is 10.2 Å². The molecule has 1 aliphatic heterocycles. The van der Waals surface area contributed by atoms with Crippen molar-refractivity contribution in [3.63, 3.8) is 0 Å². The molecular formula is C10H16N2O. The number of hydrogen-bond acceptors (Lipinski definition) is 2. The number of carbonyl (C=O) groups is 1. The molecule has 3 heteroatoms.